The summed E-state index contributed by atoms with van der Waals surface area (Å²) in [5.41, 5.74) is 1.76. The second kappa shape index (κ2) is 8.57. The van der Waals surface area contributed by atoms with E-state index in [1.807, 2.05) is 28.8 Å². The number of para-hydroxylation sites is 2. The van der Waals surface area contributed by atoms with Crippen molar-refractivity contribution in [1.29, 1.82) is 0 Å². The van der Waals surface area contributed by atoms with Crippen LogP contribution in [-0.2, 0) is 21.4 Å². The monoisotopic (exact) mass is 426 g/mol. The Hall–Kier alpha value is -2.71. The van der Waals surface area contributed by atoms with E-state index in [9.17, 15) is 13.2 Å². The fourth-order valence-electron chi connectivity index (χ4n) is 4.00. The molecule has 0 saturated carbocycles. The van der Waals surface area contributed by atoms with Gasteiger partial charge in [0, 0.05) is 13.1 Å². The van der Waals surface area contributed by atoms with Crippen LogP contribution < -0.4 is 5.32 Å². The van der Waals surface area contributed by atoms with E-state index in [2.05, 4.69) is 17.2 Å². The lowest BCUT2D eigenvalue weighted by Gasteiger charge is -2.33. The van der Waals surface area contributed by atoms with E-state index in [4.69, 9.17) is 0 Å². The molecule has 4 rings (SSSR count). The summed E-state index contributed by atoms with van der Waals surface area (Å²) in [5.74, 6) is 0.132. The average molecular weight is 427 g/mol. The number of hydrogen-bond acceptors (Lipinski definition) is 4. The maximum atomic E-state index is 13.2. The van der Waals surface area contributed by atoms with Crippen molar-refractivity contribution in [3.8, 4) is 0 Å². The number of amides is 1. The number of nitrogens with zero attached hydrogens (tertiary/aromatic N) is 3. The lowest BCUT2D eigenvalue weighted by molar-refractivity contribution is -0.120. The molecule has 1 amide bonds. The molecule has 2 aromatic carbocycles. The molecular formula is C22H26N4O3S. The van der Waals surface area contributed by atoms with Crippen LogP contribution in [0, 0.1) is 0 Å². The lowest BCUT2D eigenvalue weighted by Crippen LogP contribution is -2.50. The zero-order valence-electron chi connectivity index (χ0n) is 17.0. The van der Waals surface area contributed by atoms with Crippen LogP contribution in [-0.4, -0.2) is 40.8 Å². The van der Waals surface area contributed by atoms with Gasteiger partial charge >= 0.3 is 0 Å². The van der Waals surface area contributed by atoms with Crippen LogP contribution in [0.5, 0.6) is 0 Å². The SMILES string of the molecule is CCCn1c(NC(=O)[C@@H]2CCCCN2S(=O)(=O)c2ccccc2)nc2ccccc21. The smallest absolute Gasteiger partial charge is 0.245 e. The molecular weight excluding hydrogens is 400 g/mol. The summed E-state index contributed by atoms with van der Waals surface area (Å²) >= 11 is 0. The van der Waals surface area contributed by atoms with Gasteiger partial charge in [-0.05, 0) is 43.5 Å². The average Bonchev–Trinajstić information content (AvgIpc) is 3.11. The van der Waals surface area contributed by atoms with Gasteiger partial charge in [-0.2, -0.15) is 4.31 Å². The van der Waals surface area contributed by atoms with Gasteiger partial charge in [-0.15, -0.1) is 0 Å². The summed E-state index contributed by atoms with van der Waals surface area (Å²) in [5, 5.41) is 2.91. The summed E-state index contributed by atoms with van der Waals surface area (Å²) < 4.78 is 29.7. The normalized spacial score (nSPS) is 17.8. The number of aryl methyl sites for hydroxylation is 1. The first-order valence-corrected chi connectivity index (χ1v) is 11.8. The summed E-state index contributed by atoms with van der Waals surface area (Å²) in [4.78, 5) is 18.0. The number of hydrogen-bond donors (Lipinski definition) is 1. The number of nitrogens with one attached hydrogen (secondary N) is 1. The molecule has 0 unspecified atom stereocenters. The second-order valence-electron chi connectivity index (χ2n) is 7.51. The topological polar surface area (TPSA) is 84.3 Å². The van der Waals surface area contributed by atoms with Crippen molar-refractivity contribution in [3.63, 3.8) is 0 Å². The Morgan fingerprint density at radius 2 is 1.83 bits per heavy atom. The zero-order valence-corrected chi connectivity index (χ0v) is 17.8. The summed E-state index contributed by atoms with van der Waals surface area (Å²) in [6, 6.07) is 15.3. The van der Waals surface area contributed by atoms with E-state index in [0.29, 0.717) is 25.5 Å². The molecule has 7 nitrogen and oxygen atoms in total. The van der Waals surface area contributed by atoms with Crippen molar-refractivity contribution in [2.75, 3.05) is 11.9 Å². The number of piperidine rings is 1. The Balaban J connectivity index is 1.64. The van der Waals surface area contributed by atoms with E-state index >= 15 is 0 Å². The third-order valence-electron chi connectivity index (χ3n) is 5.44. The molecule has 2 heterocycles. The van der Waals surface area contributed by atoms with Crippen molar-refractivity contribution >= 4 is 32.9 Å². The summed E-state index contributed by atoms with van der Waals surface area (Å²) in [6.45, 7) is 3.11. The lowest BCUT2D eigenvalue weighted by atomic mass is 10.0. The summed E-state index contributed by atoms with van der Waals surface area (Å²) in [6.07, 6.45) is 2.93. The number of rotatable bonds is 6. The van der Waals surface area contributed by atoms with Crippen molar-refractivity contribution in [3.05, 3.63) is 54.6 Å². The number of imidazole rings is 1. The van der Waals surface area contributed by atoms with Crippen LogP contribution >= 0.6 is 0 Å². The van der Waals surface area contributed by atoms with Gasteiger partial charge in [0.05, 0.1) is 15.9 Å². The number of carbonyl (C=O) groups is 1. The standard InChI is InChI=1S/C22H26N4O3S/c1-2-15-25-19-13-7-6-12-18(19)23-22(25)24-21(27)20-14-8-9-16-26(20)30(28,29)17-10-4-3-5-11-17/h3-7,10-13,20H,2,8-9,14-16H2,1H3,(H,23,24,27)/t20-/m0/s1. The van der Waals surface area contributed by atoms with Gasteiger partial charge in [0.25, 0.3) is 0 Å². The molecule has 1 aromatic heterocycles. The van der Waals surface area contributed by atoms with Gasteiger partial charge in [-0.1, -0.05) is 43.7 Å². The Morgan fingerprint density at radius 1 is 1.10 bits per heavy atom. The molecule has 0 radical (unpaired) electrons. The quantitative estimate of drug-likeness (QED) is 0.652. The molecule has 1 saturated heterocycles. The van der Waals surface area contributed by atoms with Crippen LogP contribution in [0.4, 0.5) is 5.95 Å². The zero-order chi connectivity index (χ0) is 21.1. The molecule has 1 aliphatic heterocycles. The van der Waals surface area contributed by atoms with E-state index in [1.54, 1.807) is 30.3 Å². The first-order valence-electron chi connectivity index (χ1n) is 10.4. The predicted molar refractivity (Wildman–Crippen MR) is 117 cm³/mol. The Morgan fingerprint density at radius 3 is 2.60 bits per heavy atom. The van der Waals surface area contributed by atoms with Crippen molar-refractivity contribution < 1.29 is 13.2 Å². The van der Waals surface area contributed by atoms with Gasteiger partial charge in [-0.25, -0.2) is 13.4 Å². The third kappa shape index (κ3) is 3.85. The van der Waals surface area contributed by atoms with E-state index in [-0.39, 0.29) is 10.8 Å². The van der Waals surface area contributed by atoms with E-state index in [1.165, 1.54) is 4.31 Å². The highest BCUT2D eigenvalue weighted by Crippen LogP contribution is 2.27. The second-order valence-corrected chi connectivity index (χ2v) is 9.40. The first kappa shape index (κ1) is 20.6. The minimum atomic E-state index is -3.75. The molecule has 0 bridgehead atoms. The fourth-order valence-corrected chi connectivity index (χ4v) is 5.67. The number of benzene rings is 2. The number of aromatic nitrogens is 2. The number of sulfonamides is 1. The highest BCUT2D eigenvalue weighted by Gasteiger charge is 2.38. The molecule has 0 spiro atoms. The minimum absolute atomic E-state index is 0.211. The Kier molecular flexibility index (Phi) is 5.87. The van der Waals surface area contributed by atoms with Crippen LogP contribution in [0.15, 0.2) is 59.5 Å². The molecule has 30 heavy (non-hydrogen) atoms. The largest absolute Gasteiger partial charge is 0.310 e. The maximum absolute atomic E-state index is 13.2. The number of anilines is 1. The van der Waals surface area contributed by atoms with Crippen LogP contribution in [0.25, 0.3) is 11.0 Å². The fraction of sp³-hybridized carbons (Fsp3) is 0.364. The summed E-state index contributed by atoms with van der Waals surface area (Å²) in [7, 11) is -3.75. The highest BCUT2D eigenvalue weighted by molar-refractivity contribution is 7.89. The van der Waals surface area contributed by atoms with Crippen LogP contribution in [0.1, 0.15) is 32.6 Å². The van der Waals surface area contributed by atoms with Crippen molar-refractivity contribution in [2.45, 2.75) is 50.1 Å². The Bertz CT molecular complexity index is 1140. The van der Waals surface area contributed by atoms with Gasteiger partial charge in [0.1, 0.15) is 6.04 Å². The molecule has 1 fully saturated rings. The molecule has 1 aliphatic rings. The van der Waals surface area contributed by atoms with Crippen LogP contribution in [0.2, 0.25) is 0 Å². The molecule has 158 valence electrons. The molecule has 1 N–H and O–H groups in total. The molecule has 8 heteroatoms. The first-order chi connectivity index (χ1) is 14.5. The molecule has 0 aliphatic carbocycles. The van der Waals surface area contributed by atoms with E-state index in [0.717, 1.165) is 30.3 Å². The van der Waals surface area contributed by atoms with Gasteiger partial charge in [0.15, 0.2) is 0 Å². The maximum Gasteiger partial charge on any atom is 0.245 e. The molecule has 1 atom stereocenters. The predicted octanol–water partition coefficient (Wildman–Crippen LogP) is 3.63. The van der Waals surface area contributed by atoms with E-state index < -0.39 is 16.1 Å². The van der Waals surface area contributed by atoms with Gasteiger partial charge in [-0.3, -0.25) is 10.1 Å². The van der Waals surface area contributed by atoms with Gasteiger partial charge in [0.2, 0.25) is 21.9 Å². The Labute approximate surface area is 176 Å². The van der Waals surface area contributed by atoms with Gasteiger partial charge < -0.3 is 4.57 Å². The molecule has 3 aromatic rings. The minimum Gasteiger partial charge on any atom is -0.310 e. The van der Waals surface area contributed by atoms with Crippen molar-refractivity contribution in [2.24, 2.45) is 0 Å². The van der Waals surface area contributed by atoms with Crippen molar-refractivity contribution in [1.82, 2.24) is 13.9 Å². The van der Waals surface area contributed by atoms with Crippen LogP contribution in [0.3, 0.4) is 0 Å². The number of fused-ring (bicyclic) bond motifs is 1. The third-order valence-corrected chi connectivity index (χ3v) is 7.37. The highest BCUT2D eigenvalue weighted by atomic mass is 32.2. The number of carbonyl (C=O) groups excluding carboxylic acids is 1.